The second-order valence-corrected chi connectivity index (χ2v) is 4.78. The van der Waals surface area contributed by atoms with Gasteiger partial charge in [0.2, 0.25) is 0 Å². The van der Waals surface area contributed by atoms with E-state index in [1.54, 1.807) is 7.11 Å². The van der Waals surface area contributed by atoms with Crippen LogP contribution >= 0.6 is 0 Å². The molecule has 1 rings (SSSR count). The molecule has 5 heteroatoms. The maximum absolute atomic E-state index is 5.09. The number of methoxy groups -OCH3 is 1. The maximum Gasteiger partial charge on any atom is 0.158 e. The van der Waals surface area contributed by atoms with Gasteiger partial charge in [0.15, 0.2) is 5.82 Å². The van der Waals surface area contributed by atoms with Crippen molar-refractivity contribution in [3.63, 3.8) is 0 Å². The van der Waals surface area contributed by atoms with Crippen LogP contribution in [0.5, 0.6) is 0 Å². The van der Waals surface area contributed by atoms with Gasteiger partial charge in [-0.1, -0.05) is 26.2 Å². The number of aromatic nitrogens is 2. The minimum Gasteiger partial charge on any atom is -0.377 e. The lowest BCUT2D eigenvalue weighted by Gasteiger charge is -2.15. The van der Waals surface area contributed by atoms with Crippen LogP contribution in [0.15, 0.2) is 6.07 Å². The van der Waals surface area contributed by atoms with E-state index in [-0.39, 0.29) is 0 Å². The third-order valence-electron chi connectivity index (χ3n) is 2.94. The molecule has 0 bridgehead atoms. The third-order valence-corrected chi connectivity index (χ3v) is 2.94. The van der Waals surface area contributed by atoms with Crippen LogP contribution in [0.1, 0.15) is 45.4 Å². The van der Waals surface area contributed by atoms with Gasteiger partial charge >= 0.3 is 0 Å². The average Bonchev–Trinajstić information content (AvgIpc) is 2.39. The molecule has 0 saturated heterocycles. The number of nitrogens with zero attached hydrogens (tertiary/aromatic N) is 2. The van der Waals surface area contributed by atoms with Crippen LogP contribution in [-0.4, -0.2) is 30.2 Å². The van der Waals surface area contributed by atoms with Gasteiger partial charge in [-0.3, -0.25) is 0 Å². The van der Waals surface area contributed by atoms with Crippen molar-refractivity contribution in [1.82, 2.24) is 9.97 Å². The van der Waals surface area contributed by atoms with Gasteiger partial charge in [-0.2, -0.15) is 0 Å². The number of hydrogen-bond donors (Lipinski definition) is 2. The fourth-order valence-corrected chi connectivity index (χ4v) is 1.92. The Labute approximate surface area is 116 Å². The molecule has 5 nitrogen and oxygen atoms in total. The van der Waals surface area contributed by atoms with E-state index >= 15 is 0 Å². The van der Waals surface area contributed by atoms with Crippen molar-refractivity contribution in [2.45, 2.75) is 52.2 Å². The minimum atomic E-state index is 0.418. The lowest BCUT2D eigenvalue weighted by atomic mass is 10.1. The number of hydrogen-bond acceptors (Lipinski definition) is 5. The predicted octanol–water partition coefficient (Wildman–Crippen LogP) is 3.05. The lowest BCUT2D eigenvalue weighted by Crippen LogP contribution is -2.17. The summed E-state index contributed by atoms with van der Waals surface area (Å²) in [5.74, 6) is 2.36. The molecule has 0 fully saturated rings. The second-order valence-electron chi connectivity index (χ2n) is 4.78. The van der Waals surface area contributed by atoms with E-state index in [4.69, 9.17) is 4.74 Å². The highest BCUT2D eigenvalue weighted by molar-refractivity contribution is 5.47. The molecule has 0 aliphatic carbocycles. The first-order chi connectivity index (χ1) is 9.19. The van der Waals surface area contributed by atoms with Crippen LogP contribution < -0.4 is 10.6 Å². The molecule has 1 heterocycles. The standard InChI is InChI=1S/C14H26N4O/c1-5-6-7-8-11(2)16-13-9-12(15-3)17-14(18-13)10-19-4/h9,11H,5-8,10H2,1-4H3,(H2,15,16,17,18). The number of anilines is 2. The molecule has 1 aromatic rings. The van der Waals surface area contributed by atoms with Crippen molar-refractivity contribution in [3.8, 4) is 0 Å². The normalized spacial score (nSPS) is 12.2. The summed E-state index contributed by atoms with van der Waals surface area (Å²) >= 11 is 0. The van der Waals surface area contributed by atoms with Crippen LogP contribution in [0.2, 0.25) is 0 Å². The summed E-state index contributed by atoms with van der Waals surface area (Å²) < 4.78 is 5.09. The van der Waals surface area contributed by atoms with Gasteiger partial charge in [0.1, 0.15) is 18.2 Å². The summed E-state index contributed by atoms with van der Waals surface area (Å²) in [6.07, 6.45) is 4.94. The molecule has 1 atom stereocenters. The fraction of sp³-hybridized carbons (Fsp3) is 0.714. The smallest absolute Gasteiger partial charge is 0.158 e. The van der Waals surface area contributed by atoms with E-state index < -0.39 is 0 Å². The molecule has 0 amide bonds. The summed E-state index contributed by atoms with van der Waals surface area (Å²) in [7, 11) is 3.50. The molecule has 1 aromatic heterocycles. The Kier molecular flexibility index (Phi) is 7.18. The Morgan fingerprint density at radius 2 is 2.00 bits per heavy atom. The van der Waals surface area contributed by atoms with Crippen LogP contribution in [0.25, 0.3) is 0 Å². The van der Waals surface area contributed by atoms with E-state index in [1.165, 1.54) is 19.3 Å². The fourth-order valence-electron chi connectivity index (χ4n) is 1.92. The molecule has 0 radical (unpaired) electrons. The van der Waals surface area contributed by atoms with Crippen molar-refractivity contribution < 1.29 is 4.74 Å². The van der Waals surface area contributed by atoms with Crippen molar-refractivity contribution in [3.05, 3.63) is 11.9 Å². The van der Waals surface area contributed by atoms with Crippen LogP contribution in [0.3, 0.4) is 0 Å². The van der Waals surface area contributed by atoms with E-state index in [9.17, 15) is 0 Å². The summed E-state index contributed by atoms with van der Waals surface area (Å²) in [4.78, 5) is 8.79. The average molecular weight is 266 g/mol. The molecule has 1 unspecified atom stereocenters. The van der Waals surface area contributed by atoms with Gasteiger partial charge in [-0.15, -0.1) is 0 Å². The Morgan fingerprint density at radius 3 is 2.63 bits per heavy atom. The molecule has 108 valence electrons. The summed E-state index contributed by atoms with van der Waals surface area (Å²) in [5, 5.41) is 6.47. The minimum absolute atomic E-state index is 0.418. The van der Waals surface area contributed by atoms with E-state index in [0.717, 1.165) is 18.1 Å². The van der Waals surface area contributed by atoms with Crippen molar-refractivity contribution >= 4 is 11.6 Å². The van der Waals surface area contributed by atoms with Gasteiger partial charge < -0.3 is 15.4 Å². The van der Waals surface area contributed by atoms with Crippen LogP contribution in [0.4, 0.5) is 11.6 Å². The highest BCUT2D eigenvalue weighted by atomic mass is 16.5. The molecule has 0 aliphatic heterocycles. The molecule has 0 saturated carbocycles. The van der Waals surface area contributed by atoms with Gasteiger partial charge in [0.05, 0.1) is 0 Å². The number of nitrogens with one attached hydrogen (secondary N) is 2. The first-order valence-electron chi connectivity index (χ1n) is 7.00. The van der Waals surface area contributed by atoms with Gasteiger partial charge in [-0.25, -0.2) is 9.97 Å². The van der Waals surface area contributed by atoms with Crippen LogP contribution in [0, 0.1) is 0 Å². The number of unbranched alkanes of at least 4 members (excludes halogenated alkanes) is 2. The first-order valence-corrected chi connectivity index (χ1v) is 7.00. The highest BCUT2D eigenvalue weighted by Crippen LogP contribution is 2.14. The Hall–Kier alpha value is -1.36. The SMILES string of the molecule is CCCCCC(C)Nc1cc(NC)nc(COC)n1. The second kappa shape index (κ2) is 8.69. The zero-order valence-electron chi connectivity index (χ0n) is 12.5. The topological polar surface area (TPSA) is 59.1 Å². The lowest BCUT2D eigenvalue weighted by molar-refractivity contribution is 0.178. The zero-order chi connectivity index (χ0) is 14.1. The van der Waals surface area contributed by atoms with E-state index in [2.05, 4.69) is 34.4 Å². The summed E-state index contributed by atoms with van der Waals surface area (Å²) in [6, 6.07) is 2.34. The molecule has 0 aliphatic rings. The predicted molar refractivity (Wildman–Crippen MR) is 79.5 cm³/mol. The van der Waals surface area contributed by atoms with Crippen molar-refractivity contribution in [2.24, 2.45) is 0 Å². The van der Waals surface area contributed by atoms with E-state index in [0.29, 0.717) is 18.5 Å². The molecule has 0 aromatic carbocycles. The quantitative estimate of drug-likeness (QED) is 0.673. The van der Waals surface area contributed by atoms with Gasteiger partial charge in [0, 0.05) is 26.3 Å². The van der Waals surface area contributed by atoms with Gasteiger partial charge in [-0.05, 0) is 13.3 Å². The van der Waals surface area contributed by atoms with Crippen molar-refractivity contribution in [1.29, 1.82) is 0 Å². The Balaban J connectivity index is 2.62. The summed E-state index contributed by atoms with van der Waals surface area (Å²) in [5.41, 5.74) is 0. The largest absolute Gasteiger partial charge is 0.377 e. The highest BCUT2D eigenvalue weighted by Gasteiger charge is 2.07. The maximum atomic E-state index is 5.09. The van der Waals surface area contributed by atoms with Crippen LogP contribution in [-0.2, 0) is 11.3 Å². The Morgan fingerprint density at radius 1 is 1.26 bits per heavy atom. The first kappa shape index (κ1) is 15.7. The number of ether oxygens (including phenoxy) is 1. The Bertz CT molecular complexity index is 370. The molecule has 0 spiro atoms. The van der Waals surface area contributed by atoms with Gasteiger partial charge in [0.25, 0.3) is 0 Å². The molecule has 19 heavy (non-hydrogen) atoms. The number of rotatable bonds is 9. The third kappa shape index (κ3) is 5.87. The molecule has 2 N–H and O–H groups in total. The van der Waals surface area contributed by atoms with E-state index in [1.807, 2.05) is 13.1 Å². The molecular weight excluding hydrogens is 240 g/mol. The molecular formula is C14H26N4O. The monoisotopic (exact) mass is 266 g/mol. The summed E-state index contributed by atoms with van der Waals surface area (Å²) in [6.45, 7) is 4.83. The van der Waals surface area contributed by atoms with Crippen molar-refractivity contribution in [2.75, 3.05) is 24.8 Å². The zero-order valence-corrected chi connectivity index (χ0v) is 12.5.